The van der Waals surface area contributed by atoms with Crippen LogP contribution in [-0.2, 0) is 22.8 Å². The second-order valence-electron chi connectivity index (χ2n) is 6.52. The molecule has 0 fully saturated rings. The maximum atomic E-state index is 12.3. The largest absolute Gasteiger partial charge is 0.325 e. The van der Waals surface area contributed by atoms with Crippen molar-refractivity contribution < 1.29 is 4.79 Å². The highest BCUT2D eigenvalue weighted by molar-refractivity contribution is 7.99. The van der Waals surface area contributed by atoms with Crippen molar-refractivity contribution in [3.05, 3.63) is 80.5 Å². The number of thioether (sulfide) groups is 2. The van der Waals surface area contributed by atoms with Gasteiger partial charge in [-0.2, -0.15) is 0 Å². The number of halogens is 4. The van der Waals surface area contributed by atoms with Crippen molar-refractivity contribution in [3.63, 3.8) is 0 Å². The van der Waals surface area contributed by atoms with Crippen molar-refractivity contribution in [2.24, 2.45) is 0 Å². The Labute approximate surface area is 214 Å². The molecule has 0 atom stereocenters. The fourth-order valence-electron chi connectivity index (χ4n) is 2.69. The Balaban J connectivity index is 1.58. The molecule has 0 spiro atoms. The molecule has 5 nitrogen and oxygen atoms in total. The van der Waals surface area contributed by atoms with Crippen LogP contribution in [0.3, 0.4) is 0 Å². The first-order chi connectivity index (χ1) is 15.4. The summed E-state index contributed by atoms with van der Waals surface area (Å²) in [4.78, 5) is 12.3. The third kappa shape index (κ3) is 7.33. The van der Waals surface area contributed by atoms with E-state index in [9.17, 15) is 4.79 Å². The molecular weight excluding hydrogens is 530 g/mol. The SMILES string of the molecule is C=CCn1c(CSCc2ccc(Cl)cc2Cl)nnc1SCC(=O)Nc1cc(Cl)cc(Cl)c1. The van der Waals surface area contributed by atoms with Crippen molar-refractivity contribution in [2.45, 2.75) is 23.2 Å². The minimum Gasteiger partial charge on any atom is -0.325 e. The number of carbonyl (C=O) groups is 1. The standard InChI is InChI=1S/C21H18Cl4N4OS2/c1-2-5-29-19(11-31-10-13-3-4-14(22)9-18(13)25)27-28-21(29)32-12-20(30)26-17-7-15(23)6-16(24)8-17/h2-4,6-9H,1,5,10-12H2,(H,26,30). The zero-order valence-electron chi connectivity index (χ0n) is 16.7. The van der Waals surface area contributed by atoms with Crippen LogP contribution in [0.1, 0.15) is 11.4 Å². The summed E-state index contributed by atoms with van der Waals surface area (Å²) in [5, 5.41) is 14.1. The maximum absolute atomic E-state index is 12.3. The molecule has 0 aliphatic heterocycles. The van der Waals surface area contributed by atoms with Gasteiger partial charge in [0.15, 0.2) is 5.16 Å². The van der Waals surface area contributed by atoms with Crippen molar-refractivity contribution in [3.8, 4) is 0 Å². The van der Waals surface area contributed by atoms with E-state index in [-0.39, 0.29) is 11.7 Å². The third-order valence-electron chi connectivity index (χ3n) is 4.09. The number of anilines is 1. The number of benzene rings is 2. The second kappa shape index (κ2) is 12.2. The van der Waals surface area contributed by atoms with Crippen molar-refractivity contribution in [1.29, 1.82) is 0 Å². The van der Waals surface area contributed by atoms with Crippen LogP contribution in [0, 0.1) is 0 Å². The van der Waals surface area contributed by atoms with E-state index in [0.717, 1.165) is 11.4 Å². The molecule has 0 aliphatic rings. The van der Waals surface area contributed by atoms with E-state index in [2.05, 4.69) is 22.1 Å². The molecule has 1 N–H and O–H groups in total. The van der Waals surface area contributed by atoms with Crippen LogP contribution in [0.25, 0.3) is 0 Å². The lowest BCUT2D eigenvalue weighted by Crippen LogP contribution is -2.14. The van der Waals surface area contributed by atoms with Crippen LogP contribution < -0.4 is 5.32 Å². The molecule has 2 aromatic carbocycles. The second-order valence-corrected chi connectivity index (χ2v) is 10.2. The summed E-state index contributed by atoms with van der Waals surface area (Å²) in [7, 11) is 0. The lowest BCUT2D eigenvalue weighted by molar-refractivity contribution is -0.113. The summed E-state index contributed by atoms with van der Waals surface area (Å²) >= 11 is 27.1. The van der Waals surface area contributed by atoms with Gasteiger partial charge in [-0.1, -0.05) is 70.3 Å². The van der Waals surface area contributed by atoms with Crippen molar-refractivity contribution >= 4 is 81.5 Å². The first-order valence-corrected chi connectivity index (χ1v) is 12.9. The number of nitrogens with zero attached hydrogens (tertiary/aromatic N) is 3. The van der Waals surface area contributed by atoms with Gasteiger partial charge < -0.3 is 9.88 Å². The summed E-state index contributed by atoms with van der Waals surface area (Å²) in [5.74, 6) is 2.10. The fourth-order valence-corrected chi connectivity index (χ4v) is 5.51. The van der Waals surface area contributed by atoms with Gasteiger partial charge in [-0.15, -0.1) is 28.5 Å². The van der Waals surface area contributed by atoms with Crippen molar-refractivity contribution in [2.75, 3.05) is 11.1 Å². The van der Waals surface area contributed by atoms with Gasteiger partial charge in [0.1, 0.15) is 5.82 Å². The molecule has 3 aromatic rings. The Morgan fingerprint density at radius 2 is 1.78 bits per heavy atom. The van der Waals surface area contributed by atoms with E-state index in [4.69, 9.17) is 46.4 Å². The molecular formula is C21H18Cl4N4OS2. The van der Waals surface area contributed by atoms with E-state index in [1.54, 1.807) is 42.1 Å². The topological polar surface area (TPSA) is 59.8 Å². The highest BCUT2D eigenvalue weighted by Gasteiger charge is 2.14. The summed E-state index contributed by atoms with van der Waals surface area (Å²) in [6.07, 6.45) is 1.77. The number of allylic oxidation sites excluding steroid dienone is 1. The minimum atomic E-state index is -0.199. The van der Waals surface area contributed by atoms with Crippen LogP contribution in [0.4, 0.5) is 5.69 Å². The van der Waals surface area contributed by atoms with Crippen LogP contribution in [0.15, 0.2) is 54.2 Å². The van der Waals surface area contributed by atoms with Gasteiger partial charge in [0.2, 0.25) is 5.91 Å². The predicted octanol–water partition coefficient (Wildman–Crippen LogP) is 7.24. The normalized spacial score (nSPS) is 10.9. The number of aromatic nitrogens is 3. The Hall–Kier alpha value is -1.35. The van der Waals surface area contributed by atoms with Crippen LogP contribution >= 0.6 is 69.9 Å². The van der Waals surface area contributed by atoms with E-state index >= 15 is 0 Å². The summed E-state index contributed by atoms with van der Waals surface area (Å²) in [6, 6.07) is 10.3. The third-order valence-corrected chi connectivity index (χ3v) is 7.06. The highest BCUT2D eigenvalue weighted by atomic mass is 35.5. The lowest BCUT2D eigenvalue weighted by Gasteiger charge is -2.09. The number of rotatable bonds is 10. The van der Waals surface area contributed by atoms with Crippen molar-refractivity contribution in [1.82, 2.24) is 14.8 Å². The number of carbonyl (C=O) groups excluding carboxylic acids is 1. The molecule has 1 heterocycles. The molecule has 0 radical (unpaired) electrons. The zero-order valence-corrected chi connectivity index (χ0v) is 21.3. The van der Waals surface area contributed by atoms with E-state index in [0.29, 0.717) is 49.0 Å². The molecule has 3 rings (SSSR count). The van der Waals surface area contributed by atoms with Crippen LogP contribution in [0.2, 0.25) is 20.1 Å². The lowest BCUT2D eigenvalue weighted by atomic mass is 10.2. The molecule has 1 amide bonds. The van der Waals surface area contributed by atoms with E-state index in [1.165, 1.54) is 11.8 Å². The van der Waals surface area contributed by atoms with Gasteiger partial charge in [0, 0.05) is 38.1 Å². The number of hydrogen-bond donors (Lipinski definition) is 1. The quantitative estimate of drug-likeness (QED) is 0.214. The number of nitrogens with one attached hydrogen (secondary N) is 1. The minimum absolute atomic E-state index is 0.160. The molecule has 0 saturated carbocycles. The Kier molecular flexibility index (Phi) is 9.64. The van der Waals surface area contributed by atoms with Gasteiger partial charge in [-0.05, 0) is 35.9 Å². The van der Waals surface area contributed by atoms with Gasteiger partial charge in [-0.3, -0.25) is 4.79 Å². The molecule has 0 aliphatic carbocycles. The summed E-state index contributed by atoms with van der Waals surface area (Å²) < 4.78 is 1.94. The van der Waals surface area contributed by atoms with Crippen LogP contribution in [-0.4, -0.2) is 26.4 Å². The van der Waals surface area contributed by atoms with E-state index in [1.807, 2.05) is 16.7 Å². The summed E-state index contributed by atoms with van der Waals surface area (Å²) in [5.41, 5.74) is 1.54. The first kappa shape index (κ1) is 25.3. The van der Waals surface area contributed by atoms with Gasteiger partial charge in [0.25, 0.3) is 0 Å². The summed E-state index contributed by atoms with van der Waals surface area (Å²) in [6.45, 7) is 4.35. The molecule has 0 unspecified atom stereocenters. The van der Waals surface area contributed by atoms with Gasteiger partial charge >= 0.3 is 0 Å². The molecule has 168 valence electrons. The average molecular weight is 548 g/mol. The number of hydrogen-bond acceptors (Lipinski definition) is 5. The fraction of sp³-hybridized carbons (Fsp3) is 0.190. The average Bonchev–Trinajstić information content (AvgIpc) is 3.09. The number of amides is 1. The maximum Gasteiger partial charge on any atom is 0.234 e. The Bertz CT molecular complexity index is 1100. The monoisotopic (exact) mass is 546 g/mol. The van der Waals surface area contributed by atoms with Gasteiger partial charge in [0.05, 0.1) is 11.5 Å². The molecule has 11 heteroatoms. The van der Waals surface area contributed by atoms with Gasteiger partial charge in [-0.25, -0.2) is 0 Å². The predicted molar refractivity (Wildman–Crippen MR) is 137 cm³/mol. The first-order valence-electron chi connectivity index (χ1n) is 9.29. The highest BCUT2D eigenvalue weighted by Crippen LogP contribution is 2.27. The van der Waals surface area contributed by atoms with E-state index < -0.39 is 0 Å². The zero-order chi connectivity index (χ0) is 23.1. The van der Waals surface area contributed by atoms with Crippen LogP contribution in [0.5, 0.6) is 0 Å². The molecule has 32 heavy (non-hydrogen) atoms. The molecule has 0 bridgehead atoms. The molecule has 0 saturated heterocycles. The Morgan fingerprint density at radius 3 is 2.47 bits per heavy atom. The Morgan fingerprint density at radius 1 is 1.03 bits per heavy atom. The smallest absolute Gasteiger partial charge is 0.234 e. The molecule has 1 aromatic heterocycles.